The molecule has 2 nitrogen and oxygen atoms in total. The van der Waals surface area contributed by atoms with Gasteiger partial charge in [-0.25, -0.2) is 0 Å². The van der Waals surface area contributed by atoms with Gasteiger partial charge in [0.05, 0.1) is 0 Å². The second-order valence-electron chi connectivity index (χ2n) is 2.66. The summed E-state index contributed by atoms with van der Waals surface area (Å²) < 4.78 is 0. The minimum Gasteiger partial charge on any atom is -0.316 e. The third kappa shape index (κ3) is 2.67. The van der Waals surface area contributed by atoms with Gasteiger partial charge in [0.1, 0.15) is 5.78 Å². The average Bonchev–Trinajstić information content (AvgIpc) is 1.99. The molecular weight excluding hydrogens is 150 g/mol. The van der Waals surface area contributed by atoms with Crippen LogP contribution in [0.2, 0.25) is 0 Å². The van der Waals surface area contributed by atoms with E-state index in [9.17, 15) is 4.79 Å². The molecule has 3 heteroatoms. The zero-order chi connectivity index (χ0) is 6.69. The number of Topliss-reactive ketones (excluding diaryl/α,β-unsaturated/α-hetero) is 1. The lowest BCUT2D eigenvalue weighted by molar-refractivity contribution is -0.121. The van der Waals surface area contributed by atoms with Crippen molar-refractivity contribution in [3.8, 4) is 0 Å². The van der Waals surface area contributed by atoms with Gasteiger partial charge < -0.3 is 5.32 Å². The molecule has 0 aliphatic carbocycles. The lowest BCUT2D eigenvalue weighted by Gasteiger charge is -2.01. The van der Waals surface area contributed by atoms with Crippen LogP contribution in [0.3, 0.4) is 0 Å². The van der Waals surface area contributed by atoms with E-state index in [-0.39, 0.29) is 12.4 Å². The fourth-order valence-corrected chi connectivity index (χ4v) is 1.06. The predicted molar refractivity (Wildman–Crippen MR) is 43.5 cm³/mol. The van der Waals surface area contributed by atoms with Crippen LogP contribution in [-0.4, -0.2) is 18.9 Å². The van der Waals surface area contributed by atoms with Crippen molar-refractivity contribution in [3.05, 3.63) is 0 Å². The summed E-state index contributed by atoms with van der Waals surface area (Å²) in [7, 11) is 0. The standard InChI is InChI=1S/C7H13NO.ClH/c1-6-2-4-8-5-3-7(6)9;/h6,8H,2-5H2,1H3;1H/t6-;/m0./s1. The number of hydrogen-bond acceptors (Lipinski definition) is 2. The first-order valence-electron chi connectivity index (χ1n) is 3.54. The summed E-state index contributed by atoms with van der Waals surface area (Å²) in [6.07, 6.45) is 1.74. The lowest BCUT2D eigenvalue weighted by Crippen LogP contribution is -2.13. The molecule has 0 aromatic rings. The molecule has 1 aliphatic heterocycles. The number of hydrogen-bond donors (Lipinski definition) is 1. The summed E-state index contributed by atoms with van der Waals surface area (Å²) in [5.74, 6) is 0.708. The summed E-state index contributed by atoms with van der Waals surface area (Å²) in [5, 5.41) is 3.19. The van der Waals surface area contributed by atoms with E-state index in [1.807, 2.05) is 6.92 Å². The van der Waals surface area contributed by atoms with Crippen LogP contribution in [0.5, 0.6) is 0 Å². The highest BCUT2D eigenvalue weighted by Gasteiger charge is 2.14. The van der Waals surface area contributed by atoms with Gasteiger partial charge in [-0.2, -0.15) is 0 Å². The molecule has 0 bridgehead atoms. The molecule has 1 aliphatic rings. The molecule has 0 aromatic carbocycles. The van der Waals surface area contributed by atoms with Crippen molar-refractivity contribution in [1.82, 2.24) is 5.32 Å². The number of rotatable bonds is 0. The van der Waals surface area contributed by atoms with Gasteiger partial charge in [-0.15, -0.1) is 12.4 Å². The maximum absolute atomic E-state index is 11.0. The molecule has 1 rings (SSSR count). The summed E-state index contributed by atoms with van der Waals surface area (Å²) in [4.78, 5) is 11.0. The van der Waals surface area contributed by atoms with E-state index >= 15 is 0 Å². The Kier molecular flexibility index (Phi) is 4.65. The fourth-order valence-electron chi connectivity index (χ4n) is 1.06. The first kappa shape index (κ1) is 9.92. The van der Waals surface area contributed by atoms with E-state index in [0.717, 1.165) is 25.9 Å². The van der Waals surface area contributed by atoms with Crippen molar-refractivity contribution in [3.63, 3.8) is 0 Å². The normalized spacial score (nSPS) is 26.9. The van der Waals surface area contributed by atoms with Crippen LogP contribution in [0.25, 0.3) is 0 Å². The predicted octanol–water partition coefficient (Wildman–Crippen LogP) is 0.997. The van der Waals surface area contributed by atoms with Crippen molar-refractivity contribution < 1.29 is 4.79 Å². The molecule has 1 saturated heterocycles. The van der Waals surface area contributed by atoms with Crippen LogP contribution in [0.4, 0.5) is 0 Å². The second-order valence-corrected chi connectivity index (χ2v) is 2.66. The van der Waals surface area contributed by atoms with Gasteiger partial charge in [0.2, 0.25) is 0 Å². The van der Waals surface area contributed by atoms with Crippen LogP contribution in [0.15, 0.2) is 0 Å². The Morgan fingerprint density at radius 3 is 2.90 bits per heavy atom. The first-order chi connectivity index (χ1) is 4.30. The van der Waals surface area contributed by atoms with E-state index in [2.05, 4.69) is 5.32 Å². The molecular formula is C7H14ClNO. The smallest absolute Gasteiger partial charge is 0.137 e. The molecule has 1 atom stereocenters. The Morgan fingerprint density at radius 1 is 1.50 bits per heavy atom. The van der Waals surface area contributed by atoms with Crippen LogP contribution in [-0.2, 0) is 4.79 Å². The molecule has 1 fully saturated rings. The Hall–Kier alpha value is -0.0800. The largest absolute Gasteiger partial charge is 0.316 e. The molecule has 60 valence electrons. The Bertz CT molecular complexity index is 116. The summed E-state index contributed by atoms with van der Waals surface area (Å²) >= 11 is 0. The lowest BCUT2D eigenvalue weighted by atomic mass is 10.0. The molecule has 0 unspecified atom stereocenters. The van der Waals surface area contributed by atoms with Crippen molar-refractivity contribution in [1.29, 1.82) is 0 Å². The van der Waals surface area contributed by atoms with Gasteiger partial charge in [-0.05, 0) is 13.0 Å². The highest BCUT2D eigenvalue weighted by Crippen LogP contribution is 2.07. The SMILES string of the molecule is C[C@H]1CCNCCC1=O.Cl. The third-order valence-electron chi connectivity index (χ3n) is 1.85. The monoisotopic (exact) mass is 163 g/mol. The molecule has 1 N–H and O–H groups in total. The van der Waals surface area contributed by atoms with E-state index in [1.54, 1.807) is 0 Å². The third-order valence-corrected chi connectivity index (χ3v) is 1.85. The van der Waals surface area contributed by atoms with Crippen LogP contribution < -0.4 is 5.32 Å². The number of ketones is 1. The highest BCUT2D eigenvalue weighted by molar-refractivity contribution is 5.85. The van der Waals surface area contributed by atoms with Gasteiger partial charge in [0.25, 0.3) is 0 Å². The number of nitrogens with one attached hydrogen (secondary N) is 1. The molecule has 0 radical (unpaired) electrons. The molecule has 0 amide bonds. The van der Waals surface area contributed by atoms with Crippen LogP contribution >= 0.6 is 12.4 Å². The quantitative estimate of drug-likeness (QED) is 0.577. The van der Waals surface area contributed by atoms with Gasteiger partial charge in [0.15, 0.2) is 0 Å². The highest BCUT2D eigenvalue weighted by atomic mass is 35.5. The van der Waals surface area contributed by atoms with Crippen molar-refractivity contribution in [2.24, 2.45) is 5.92 Å². The molecule has 0 spiro atoms. The number of halogens is 1. The van der Waals surface area contributed by atoms with Crippen molar-refractivity contribution >= 4 is 18.2 Å². The fraction of sp³-hybridized carbons (Fsp3) is 0.857. The first-order valence-corrected chi connectivity index (χ1v) is 3.54. The van der Waals surface area contributed by atoms with Crippen LogP contribution in [0.1, 0.15) is 19.8 Å². The van der Waals surface area contributed by atoms with Gasteiger partial charge in [0, 0.05) is 18.9 Å². The van der Waals surface area contributed by atoms with Crippen molar-refractivity contribution in [2.75, 3.05) is 13.1 Å². The zero-order valence-corrected chi connectivity index (χ0v) is 7.04. The maximum Gasteiger partial charge on any atom is 0.137 e. The summed E-state index contributed by atoms with van der Waals surface area (Å²) in [6.45, 7) is 3.89. The number of carbonyl (C=O) groups excluding carboxylic acids is 1. The maximum atomic E-state index is 11.0. The minimum atomic E-state index is 0. The Labute approximate surface area is 67.8 Å². The summed E-state index contributed by atoms with van der Waals surface area (Å²) in [5.41, 5.74) is 0. The zero-order valence-electron chi connectivity index (χ0n) is 6.22. The van der Waals surface area contributed by atoms with E-state index < -0.39 is 0 Å². The van der Waals surface area contributed by atoms with Crippen molar-refractivity contribution in [2.45, 2.75) is 19.8 Å². The van der Waals surface area contributed by atoms with Gasteiger partial charge in [-0.1, -0.05) is 6.92 Å². The van der Waals surface area contributed by atoms with Crippen LogP contribution in [0, 0.1) is 5.92 Å². The topological polar surface area (TPSA) is 29.1 Å². The van der Waals surface area contributed by atoms with E-state index in [4.69, 9.17) is 0 Å². The van der Waals surface area contributed by atoms with E-state index in [1.165, 1.54) is 0 Å². The Balaban J connectivity index is 0.000000810. The van der Waals surface area contributed by atoms with Gasteiger partial charge >= 0.3 is 0 Å². The molecule has 0 saturated carbocycles. The summed E-state index contributed by atoms with van der Waals surface area (Å²) in [6, 6.07) is 0. The second kappa shape index (κ2) is 4.69. The Morgan fingerprint density at radius 2 is 2.20 bits per heavy atom. The molecule has 10 heavy (non-hydrogen) atoms. The molecule has 0 aromatic heterocycles. The molecule has 1 heterocycles. The van der Waals surface area contributed by atoms with Gasteiger partial charge in [-0.3, -0.25) is 4.79 Å². The van der Waals surface area contributed by atoms with E-state index in [0.29, 0.717) is 11.7 Å². The number of carbonyl (C=O) groups is 1. The average molecular weight is 164 g/mol. The minimum absolute atomic E-state index is 0.